The zero-order valence-corrected chi connectivity index (χ0v) is 31.4. The second-order valence-electron chi connectivity index (χ2n) is 13.0. The average Bonchev–Trinajstić information content (AvgIpc) is 3.93. The fourth-order valence-corrected chi connectivity index (χ4v) is 6.12. The predicted octanol–water partition coefficient (Wildman–Crippen LogP) is -0.106. The number of likely N-dealkylation sites (tertiary alicyclic amines) is 1. The molecule has 5 rings (SSSR count). The summed E-state index contributed by atoms with van der Waals surface area (Å²) in [6.45, 7) is 6.07. The molecular formula is C37H53N9O8. The molecule has 2 saturated heterocycles. The molecule has 0 saturated carbocycles. The predicted molar refractivity (Wildman–Crippen MR) is 199 cm³/mol. The number of nitrogens with one attached hydrogen (secondary N) is 3. The lowest BCUT2D eigenvalue weighted by Gasteiger charge is -2.23. The molecule has 54 heavy (non-hydrogen) atoms. The van der Waals surface area contributed by atoms with Gasteiger partial charge in [-0.3, -0.25) is 28.8 Å². The smallest absolute Gasteiger partial charge is 0.289 e. The highest BCUT2D eigenvalue weighted by molar-refractivity contribution is 6.38. The van der Waals surface area contributed by atoms with E-state index in [4.69, 9.17) is 26.8 Å². The van der Waals surface area contributed by atoms with Crippen molar-refractivity contribution < 1.29 is 38.2 Å². The van der Waals surface area contributed by atoms with Gasteiger partial charge in [0.2, 0.25) is 29.9 Å². The van der Waals surface area contributed by atoms with Gasteiger partial charge in [-0.25, -0.2) is 5.84 Å². The normalized spacial score (nSPS) is 17.1. The van der Waals surface area contributed by atoms with Crippen molar-refractivity contribution in [3.05, 3.63) is 70.5 Å². The Labute approximate surface area is 315 Å². The number of amides is 5. The molecule has 5 amide bonds. The number of hydrazine groups is 1. The Balaban J connectivity index is 0.000000253. The van der Waals surface area contributed by atoms with E-state index >= 15 is 0 Å². The van der Waals surface area contributed by atoms with Crippen LogP contribution in [-0.4, -0.2) is 96.6 Å². The maximum Gasteiger partial charge on any atom is 0.289 e. The summed E-state index contributed by atoms with van der Waals surface area (Å²) < 4.78 is 10.4. The summed E-state index contributed by atoms with van der Waals surface area (Å²) in [4.78, 5) is 72.0. The Morgan fingerprint density at radius 1 is 1.07 bits per heavy atom. The van der Waals surface area contributed by atoms with Crippen LogP contribution in [0.3, 0.4) is 0 Å². The molecular weight excluding hydrogens is 698 g/mol. The molecule has 2 atom stereocenters. The number of nitrogens with two attached hydrogens (primary N) is 3. The molecule has 3 aliphatic heterocycles. The Hall–Kier alpha value is -5.68. The molecule has 3 heterocycles. The van der Waals surface area contributed by atoms with Crippen molar-refractivity contribution in [2.75, 3.05) is 33.9 Å². The summed E-state index contributed by atoms with van der Waals surface area (Å²) in [6.07, 6.45) is 4.85. The van der Waals surface area contributed by atoms with E-state index in [0.29, 0.717) is 68.7 Å². The van der Waals surface area contributed by atoms with Crippen LogP contribution < -0.4 is 42.7 Å². The summed E-state index contributed by atoms with van der Waals surface area (Å²) >= 11 is 0. The van der Waals surface area contributed by atoms with Gasteiger partial charge in [0, 0.05) is 64.0 Å². The number of carbonyl (C=O) groups is 6. The van der Waals surface area contributed by atoms with E-state index in [1.807, 2.05) is 30.0 Å². The number of carbonyl (C=O) groups excluding carboxylic acids is 6. The third kappa shape index (κ3) is 12.5. The van der Waals surface area contributed by atoms with Crippen molar-refractivity contribution in [2.24, 2.45) is 17.3 Å². The minimum Gasteiger partial charge on any atom is -0.493 e. The molecule has 0 aromatic heterocycles. The maximum absolute atomic E-state index is 12.4. The van der Waals surface area contributed by atoms with E-state index in [0.717, 1.165) is 24.0 Å². The van der Waals surface area contributed by atoms with Crippen LogP contribution in [0.25, 0.3) is 0 Å². The number of rotatable bonds is 13. The lowest BCUT2D eigenvalue weighted by molar-refractivity contribution is -0.144. The fourth-order valence-electron chi connectivity index (χ4n) is 6.12. The number of ketones is 1. The quantitative estimate of drug-likeness (QED) is 0.0680. The molecule has 2 unspecified atom stereocenters. The number of benzene rings is 2. The van der Waals surface area contributed by atoms with Gasteiger partial charge >= 0.3 is 0 Å². The van der Waals surface area contributed by atoms with Crippen LogP contribution in [0.15, 0.2) is 48.3 Å². The minimum absolute atomic E-state index is 0.0871. The number of hydrogen-bond acceptors (Lipinski definition) is 12. The Morgan fingerprint density at radius 3 is 2.41 bits per heavy atom. The Morgan fingerprint density at radius 2 is 1.81 bits per heavy atom. The van der Waals surface area contributed by atoms with Crippen LogP contribution in [0.1, 0.15) is 61.8 Å². The molecule has 0 radical (unpaired) electrons. The topological polar surface area (TPSA) is 245 Å². The van der Waals surface area contributed by atoms with Crippen molar-refractivity contribution in [3.8, 4) is 11.5 Å². The zero-order chi connectivity index (χ0) is 39.8. The van der Waals surface area contributed by atoms with E-state index in [1.165, 1.54) is 35.3 Å². The molecule has 17 nitrogen and oxygen atoms in total. The van der Waals surface area contributed by atoms with Crippen molar-refractivity contribution in [2.45, 2.75) is 77.8 Å². The highest BCUT2D eigenvalue weighted by Gasteiger charge is 2.36. The third-order valence-electron chi connectivity index (χ3n) is 8.99. The van der Waals surface area contributed by atoms with Crippen molar-refractivity contribution in [3.63, 3.8) is 0 Å². The summed E-state index contributed by atoms with van der Waals surface area (Å²) in [6, 6.07) is 10.9. The summed E-state index contributed by atoms with van der Waals surface area (Å²) in [5.74, 6) is 5.49. The van der Waals surface area contributed by atoms with E-state index in [9.17, 15) is 28.8 Å². The van der Waals surface area contributed by atoms with Gasteiger partial charge in [0.05, 0.1) is 27.3 Å². The van der Waals surface area contributed by atoms with Gasteiger partial charge in [-0.1, -0.05) is 24.3 Å². The lowest BCUT2D eigenvalue weighted by Crippen LogP contribution is -2.48. The number of ether oxygens (including phenoxy) is 2. The van der Waals surface area contributed by atoms with Gasteiger partial charge in [-0.15, -0.1) is 0 Å². The van der Waals surface area contributed by atoms with Crippen molar-refractivity contribution in [1.82, 2.24) is 30.8 Å². The first-order chi connectivity index (χ1) is 25.8. The van der Waals surface area contributed by atoms with Crippen LogP contribution in [0, 0.1) is 0 Å². The Bertz CT molecular complexity index is 1680. The minimum atomic E-state index is -0.795. The van der Waals surface area contributed by atoms with Crippen LogP contribution in [0.4, 0.5) is 0 Å². The largest absolute Gasteiger partial charge is 0.493 e. The number of Topliss-reactive ketones (excluding diaryl/α,β-unsaturated/α-hetero) is 1. The first-order valence-electron chi connectivity index (χ1n) is 17.6. The van der Waals surface area contributed by atoms with Gasteiger partial charge < -0.3 is 51.7 Å². The van der Waals surface area contributed by atoms with Crippen LogP contribution in [0.2, 0.25) is 0 Å². The summed E-state index contributed by atoms with van der Waals surface area (Å²) in [5.41, 5.74) is 15.8. The van der Waals surface area contributed by atoms with E-state index < -0.39 is 17.7 Å². The molecule has 0 bridgehead atoms. The maximum atomic E-state index is 12.4. The second-order valence-corrected chi connectivity index (χ2v) is 13.0. The summed E-state index contributed by atoms with van der Waals surface area (Å²) in [5, 5.41) is 9.15. The highest BCUT2D eigenvalue weighted by atomic mass is 16.5. The highest BCUT2D eigenvalue weighted by Crippen LogP contribution is 2.28. The van der Waals surface area contributed by atoms with E-state index in [1.54, 1.807) is 31.3 Å². The second kappa shape index (κ2) is 21.1. The number of fused-ring (bicyclic) bond motifs is 1. The van der Waals surface area contributed by atoms with Gasteiger partial charge in [0.25, 0.3) is 5.91 Å². The fraction of sp³-hybridized carbons (Fsp3) is 0.459. The van der Waals surface area contributed by atoms with E-state index in [2.05, 4.69) is 16.0 Å². The monoisotopic (exact) mass is 751 g/mol. The number of nitrogens with zero attached hydrogens (tertiary/aromatic N) is 3. The average molecular weight is 752 g/mol. The first-order valence-corrected chi connectivity index (χ1v) is 17.6. The molecule has 0 spiro atoms. The van der Waals surface area contributed by atoms with Gasteiger partial charge in [0.1, 0.15) is 6.04 Å². The number of methoxy groups -OCH3 is 2. The molecule has 9 N–H and O–H groups in total. The first kappa shape index (κ1) is 42.7. The van der Waals surface area contributed by atoms with Gasteiger partial charge in [-0.2, -0.15) is 0 Å². The van der Waals surface area contributed by atoms with Crippen LogP contribution >= 0.6 is 0 Å². The van der Waals surface area contributed by atoms with Crippen LogP contribution in [-0.2, 0) is 54.9 Å². The Kier molecular flexibility index (Phi) is 16.7. The standard InChI is InChI=1S/C18H23N3O6.C14H21N5O.C5H9NO/c1-26-14-6-5-12(8-15(14)27-2)9-20-18(25)17(24)13-4-3-7-21(13)16(23)10-19-11-22;1-10(20)18-6-11-3-2-4-12(14(11)9-18)7-19(17)8-13(16)5-15;1-4-2-3-5(7)6-4/h5-6,8,11,13H,3-4,7,9-10H2,1-2H3,(H,19,22)(H,20,25);2-4,8H,5-7,9,15-17H2,1H3;4H,2-3H2,1H3,(H,6,7)/b;13-8-;. The summed E-state index contributed by atoms with van der Waals surface area (Å²) in [7, 11) is 3.03. The molecule has 2 aromatic rings. The third-order valence-corrected chi connectivity index (χ3v) is 8.99. The van der Waals surface area contributed by atoms with Gasteiger partial charge in [0.15, 0.2) is 11.5 Å². The number of hydrogen-bond donors (Lipinski definition) is 6. The van der Waals surface area contributed by atoms with Crippen molar-refractivity contribution >= 4 is 35.8 Å². The SMILES string of the molecule is CC(=O)N1Cc2cccc(CN(N)/C=C(\N)CN)c2C1.CC1CCC(=O)N1.COc1ccc(CNC(=O)C(=O)C2CCCN2C(=O)CNC=O)cc1OC. The van der Waals surface area contributed by atoms with Gasteiger partial charge in [-0.05, 0) is 60.6 Å². The molecule has 2 aromatic carbocycles. The van der Waals surface area contributed by atoms with E-state index in [-0.39, 0.29) is 37.4 Å². The molecule has 294 valence electrons. The molecule has 0 aliphatic carbocycles. The molecule has 17 heteroatoms. The lowest BCUT2D eigenvalue weighted by atomic mass is 10.0. The van der Waals surface area contributed by atoms with Crippen LogP contribution in [0.5, 0.6) is 11.5 Å². The van der Waals surface area contributed by atoms with Crippen molar-refractivity contribution in [1.29, 1.82) is 0 Å². The molecule has 3 aliphatic rings. The zero-order valence-electron chi connectivity index (χ0n) is 31.4. The molecule has 2 fully saturated rings.